The molecule has 3 rings (SSSR count). The molecule has 7 heteroatoms. The van der Waals surface area contributed by atoms with Crippen LogP contribution in [0.3, 0.4) is 0 Å². The standard InChI is InChI=1S/C19H16Cl2N2O3/c1-12-15(10-22-23(12)2)18(24)9-8-13-6-7-14(26-13)11-25-19-16(20)4-3-5-17(19)21/h3-10H,11H2,1-2H3/b9-8+. The van der Waals surface area contributed by atoms with E-state index in [1.807, 2.05) is 6.92 Å². The Kier molecular flexibility index (Phi) is 5.49. The van der Waals surface area contributed by atoms with Gasteiger partial charge in [0.1, 0.15) is 18.1 Å². The first-order chi connectivity index (χ1) is 12.5. The molecule has 5 nitrogen and oxygen atoms in total. The first kappa shape index (κ1) is 18.3. The highest BCUT2D eigenvalue weighted by Gasteiger charge is 2.11. The molecule has 0 aliphatic heterocycles. The number of hydrogen-bond donors (Lipinski definition) is 0. The van der Waals surface area contributed by atoms with Crippen LogP contribution < -0.4 is 4.74 Å². The zero-order valence-corrected chi connectivity index (χ0v) is 15.7. The van der Waals surface area contributed by atoms with Crippen molar-refractivity contribution in [2.24, 2.45) is 7.05 Å². The summed E-state index contributed by atoms with van der Waals surface area (Å²) in [4.78, 5) is 12.2. The van der Waals surface area contributed by atoms with Crippen LogP contribution in [0.2, 0.25) is 10.0 Å². The van der Waals surface area contributed by atoms with Crippen LogP contribution in [0.1, 0.15) is 27.6 Å². The first-order valence-corrected chi connectivity index (χ1v) is 8.58. The second-order valence-corrected chi connectivity index (χ2v) is 6.42. The molecule has 0 bridgehead atoms. The molecule has 2 heterocycles. The number of rotatable bonds is 6. The summed E-state index contributed by atoms with van der Waals surface area (Å²) in [7, 11) is 1.79. The molecule has 0 spiro atoms. The SMILES string of the molecule is Cc1c(C(=O)/C=C/c2ccc(COc3c(Cl)cccc3Cl)o2)cnn1C. The molecule has 0 fully saturated rings. The van der Waals surface area contributed by atoms with Crippen molar-refractivity contribution < 1.29 is 13.9 Å². The van der Waals surface area contributed by atoms with Gasteiger partial charge in [-0.05, 0) is 43.3 Å². The van der Waals surface area contributed by atoms with Crippen LogP contribution in [-0.2, 0) is 13.7 Å². The molecule has 1 aromatic carbocycles. The lowest BCUT2D eigenvalue weighted by molar-refractivity contribution is 0.104. The number of hydrogen-bond acceptors (Lipinski definition) is 4. The number of benzene rings is 1. The molecule has 0 aliphatic carbocycles. The molecule has 0 N–H and O–H groups in total. The molecular weight excluding hydrogens is 375 g/mol. The maximum atomic E-state index is 12.2. The number of ether oxygens (including phenoxy) is 1. The minimum absolute atomic E-state index is 0.132. The normalized spacial score (nSPS) is 11.2. The number of para-hydroxylation sites is 1. The average Bonchev–Trinajstić information content (AvgIpc) is 3.20. The van der Waals surface area contributed by atoms with Crippen molar-refractivity contribution in [1.82, 2.24) is 9.78 Å². The van der Waals surface area contributed by atoms with Gasteiger partial charge in [0.25, 0.3) is 0 Å². The van der Waals surface area contributed by atoms with E-state index in [9.17, 15) is 4.79 Å². The number of halogens is 2. The van der Waals surface area contributed by atoms with Crippen molar-refractivity contribution in [3.8, 4) is 5.75 Å². The third kappa shape index (κ3) is 4.00. The van der Waals surface area contributed by atoms with E-state index in [0.717, 1.165) is 5.69 Å². The summed E-state index contributed by atoms with van der Waals surface area (Å²) in [5.74, 6) is 1.41. The Labute approximate surface area is 160 Å². The first-order valence-electron chi connectivity index (χ1n) is 7.82. The van der Waals surface area contributed by atoms with Gasteiger partial charge < -0.3 is 9.15 Å². The second kappa shape index (κ2) is 7.81. The lowest BCUT2D eigenvalue weighted by Crippen LogP contribution is -1.98. The Bertz CT molecular complexity index is 953. The third-order valence-electron chi connectivity index (χ3n) is 3.86. The Morgan fingerprint density at radius 3 is 2.65 bits per heavy atom. The molecular formula is C19H16Cl2N2O3. The molecule has 3 aromatic rings. The monoisotopic (exact) mass is 390 g/mol. The van der Waals surface area contributed by atoms with Crippen molar-refractivity contribution in [2.45, 2.75) is 13.5 Å². The largest absolute Gasteiger partial charge is 0.483 e. The highest BCUT2D eigenvalue weighted by Crippen LogP contribution is 2.33. The third-order valence-corrected chi connectivity index (χ3v) is 4.46. The second-order valence-electron chi connectivity index (χ2n) is 5.61. The van der Waals surface area contributed by atoms with Gasteiger partial charge in [0.05, 0.1) is 21.8 Å². The number of allylic oxidation sites excluding steroid dienone is 1. The van der Waals surface area contributed by atoms with Gasteiger partial charge >= 0.3 is 0 Å². The van der Waals surface area contributed by atoms with Gasteiger partial charge in [-0.3, -0.25) is 9.48 Å². The summed E-state index contributed by atoms with van der Waals surface area (Å²) >= 11 is 12.1. The average molecular weight is 391 g/mol. The van der Waals surface area contributed by atoms with E-state index in [4.69, 9.17) is 32.4 Å². The minimum Gasteiger partial charge on any atom is -0.483 e. The van der Waals surface area contributed by atoms with Crippen LogP contribution in [0.25, 0.3) is 6.08 Å². The van der Waals surface area contributed by atoms with Crippen molar-refractivity contribution in [3.05, 3.63) is 75.4 Å². The van der Waals surface area contributed by atoms with Gasteiger partial charge in [0.2, 0.25) is 0 Å². The van der Waals surface area contributed by atoms with Crippen LogP contribution >= 0.6 is 23.2 Å². The van der Waals surface area contributed by atoms with E-state index >= 15 is 0 Å². The van der Waals surface area contributed by atoms with Gasteiger partial charge in [-0.1, -0.05) is 29.3 Å². The van der Waals surface area contributed by atoms with E-state index in [0.29, 0.717) is 32.9 Å². The van der Waals surface area contributed by atoms with Gasteiger partial charge in [-0.25, -0.2) is 0 Å². The maximum Gasteiger partial charge on any atom is 0.189 e. The number of carbonyl (C=O) groups is 1. The molecule has 0 unspecified atom stereocenters. The van der Waals surface area contributed by atoms with Crippen LogP contribution in [0, 0.1) is 6.92 Å². The van der Waals surface area contributed by atoms with Gasteiger partial charge in [-0.15, -0.1) is 0 Å². The summed E-state index contributed by atoms with van der Waals surface area (Å²) in [6.45, 7) is 2.02. The van der Waals surface area contributed by atoms with Crippen LogP contribution in [-0.4, -0.2) is 15.6 Å². The van der Waals surface area contributed by atoms with Crippen molar-refractivity contribution in [2.75, 3.05) is 0 Å². The summed E-state index contributed by atoms with van der Waals surface area (Å²) in [6.07, 6.45) is 4.62. The highest BCUT2D eigenvalue weighted by molar-refractivity contribution is 6.37. The van der Waals surface area contributed by atoms with Gasteiger partial charge in [0.15, 0.2) is 11.5 Å². The molecule has 0 amide bonds. The highest BCUT2D eigenvalue weighted by atomic mass is 35.5. The van der Waals surface area contributed by atoms with Crippen molar-refractivity contribution in [1.29, 1.82) is 0 Å². The fourth-order valence-electron chi connectivity index (χ4n) is 2.31. The van der Waals surface area contributed by atoms with Crippen molar-refractivity contribution >= 4 is 35.1 Å². The van der Waals surface area contributed by atoms with Crippen molar-refractivity contribution in [3.63, 3.8) is 0 Å². The number of carbonyl (C=O) groups excluding carboxylic acids is 1. The van der Waals surface area contributed by atoms with Crippen LogP contribution in [0.15, 0.2) is 47.0 Å². The summed E-state index contributed by atoms with van der Waals surface area (Å²) in [6, 6.07) is 8.67. The maximum absolute atomic E-state index is 12.2. The van der Waals surface area contributed by atoms with E-state index < -0.39 is 0 Å². The molecule has 0 saturated heterocycles. The number of aromatic nitrogens is 2. The predicted molar refractivity (Wildman–Crippen MR) is 101 cm³/mol. The smallest absolute Gasteiger partial charge is 0.189 e. The predicted octanol–water partition coefficient (Wildman–Crippen LogP) is 5.10. The van der Waals surface area contributed by atoms with Crippen LogP contribution in [0.4, 0.5) is 0 Å². The Morgan fingerprint density at radius 2 is 2.00 bits per heavy atom. The van der Waals surface area contributed by atoms with Gasteiger partial charge in [0, 0.05) is 12.7 Å². The van der Waals surface area contributed by atoms with E-state index in [1.54, 1.807) is 54.3 Å². The van der Waals surface area contributed by atoms with Gasteiger partial charge in [-0.2, -0.15) is 5.10 Å². The van der Waals surface area contributed by atoms with E-state index in [-0.39, 0.29) is 12.4 Å². The topological polar surface area (TPSA) is 57.3 Å². The van der Waals surface area contributed by atoms with E-state index in [2.05, 4.69) is 5.10 Å². The molecule has 134 valence electrons. The lowest BCUT2D eigenvalue weighted by Gasteiger charge is -2.07. The molecule has 2 aromatic heterocycles. The minimum atomic E-state index is -0.132. The zero-order valence-electron chi connectivity index (χ0n) is 14.2. The number of aryl methyl sites for hydroxylation is 1. The number of nitrogens with zero attached hydrogens (tertiary/aromatic N) is 2. The summed E-state index contributed by atoms with van der Waals surface area (Å²) in [5.41, 5.74) is 1.37. The van der Waals surface area contributed by atoms with E-state index in [1.165, 1.54) is 6.08 Å². The quantitative estimate of drug-likeness (QED) is 0.433. The number of ketones is 1. The molecule has 0 radical (unpaired) electrons. The Hall–Kier alpha value is -2.50. The Morgan fingerprint density at radius 1 is 1.27 bits per heavy atom. The molecule has 26 heavy (non-hydrogen) atoms. The van der Waals surface area contributed by atoms with Crippen LogP contribution in [0.5, 0.6) is 5.75 Å². The molecule has 0 atom stereocenters. The lowest BCUT2D eigenvalue weighted by atomic mass is 10.1. The molecule has 0 aliphatic rings. The summed E-state index contributed by atoms with van der Waals surface area (Å²) < 4.78 is 12.9. The zero-order chi connectivity index (χ0) is 18.7. The fraction of sp³-hybridized carbons (Fsp3) is 0.158. The summed E-state index contributed by atoms with van der Waals surface area (Å²) in [5, 5.41) is 4.93. The number of furan rings is 1. The fourth-order valence-corrected chi connectivity index (χ4v) is 2.82. The molecule has 0 saturated carbocycles. The Balaban J connectivity index is 1.64.